The number of hydrogen-bond acceptors (Lipinski definition) is 5. The molecule has 1 aliphatic rings. The van der Waals surface area contributed by atoms with Crippen LogP contribution in [0.5, 0.6) is 0 Å². The number of hydrogen-bond donors (Lipinski definition) is 0. The van der Waals surface area contributed by atoms with E-state index in [1.165, 1.54) is 11.8 Å². The van der Waals surface area contributed by atoms with Crippen molar-refractivity contribution in [2.75, 3.05) is 26.2 Å². The maximum Gasteiger partial charge on any atom is 0.342 e. The summed E-state index contributed by atoms with van der Waals surface area (Å²) < 4.78 is 10.4. The number of esters is 1. The molecule has 6 nitrogen and oxygen atoms in total. The standard InChI is InChI=1S/C20H24N2O4/c1-15-18(8-13-25-15)20(24)26-16(2)19(23)22-11-9-21(10-12-22)14-17-6-4-3-5-7-17/h3-8,13,16H,9-12,14H2,1-2H3. The van der Waals surface area contributed by atoms with Crippen molar-refractivity contribution in [1.29, 1.82) is 0 Å². The van der Waals surface area contributed by atoms with Gasteiger partial charge in [0.25, 0.3) is 5.91 Å². The van der Waals surface area contributed by atoms with Gasteiger partial charge < -0.3 is 14.1 Å². The molecule has 0 saturated carbocycles. The van der Waals surface area contributed by atoms with Crippen molar-refractivity contribution < 1.29 is 18.7 Å². The summed E-state index contributed by atoms with van der Waals surface area (Å²) in [6, 6.07) is 11.8. The minimum absolute atomic E-state index is 0.154. The number of aryl methyl sites for hydroxylation is 1. The van der Waals surface area contributed by atoms with Crippen LogP contribution >= 0.6 is 0 Å². The van der Waals surface area contributed by atoms with Gasteiger partial charge in [-0.15, -0.1) is 0 Å². The van der Waals surface area contributed by atoms with Gasteiger partial charge in [0.05, 0.1) is 6.26 Å². The Morgan fingerprint density at radius 2 is 1.81 bits per heavy atom. The molecule has 1 amide bonds. The van der Waals surface area contributed by atoms with Crippen LogP contribution in [0.4, 0.5) is 0 Å². The van der Waals surface area contributed by atoms with Gasteiger partial charge in [0.1, 0.15) is 11.3 Å². The van der Waals surface area contributed by atoms with Crippen molar-refractivity contribution in [1.82, 2.24) is 9.80 Å². The van der Waals surface area contributed by atoms with E-state index in [0.717, 1.165) is 19.6 Å². The van der Waals surface area contributed by atoms with Crippen LogP contribution in [0.25, 0.3) is 0 Å². The zero-order valence-electron chi connectivity index (χ0n) is 15.2. The Bertz CT molecular complexity index is 748. The quantitative estimate of drug-likeness (QED) is 0.770. The number of carbonyl (C=O) groups is 2. The van der Waals surface area contributed by atoms with E-state index < -0.39 is 12.1 Å². The highest BCUT2D eigenvalue weighted by molar-refractivity contribution is 5.93. The lowest BCUT2D eigenvalue weighted by atomic mass is 10.2. The normalized spacial score (nSPS) is 16.3. The fraction of sp³-hybridized carbons (Fsp3) is 0.400. The second-order valence-electron chi connectivity index (χ2n) is 6.53. The van der Waals surface area contributed by atoms with Crippen molar-refractivity contribution in [3.05, 3.63) is 59.5 Å². The maximum absolute atomic E-state index is 12.6. The maximum atomic E-state index is 12.6. The summed E-state index contributed by atoms with van der Waals surface area (Å²) in [4.78, 5) is 28.8. The van der Waals surface area contributed by atoms with Crippen LogP contribution in [0.15, 0.2) is 47.1 Å². The van der Waals surface area contributed by atoms with E-state index in [2.05, 4.69) is 17.0 Å². The number of nitrogens with zero attached hydrogens (tertiary/aromatic N) is 2. The lowest BCUT2D eigenvalue weighted by Gasteiger charge is -2.35. The highest BCUT2D eigenvalue weighted by Crippen LogP contribution is 2.14. The zero-order valence-corrected chi connectivity index (χ0v) is 15.2. The van der Waals surface area contributed by atoms with E-state index in [4.69, 9.17) is 9.15 Å². The highest BCUT2D eigenvalue weighted by Gasteiger charge is 2.28. The first kappa shape index (κ1) is 18.2. The van der Waals surface area contributed by atoms with E-state index in [-0.39, 0.29) is 5.91 Å². The molecule has 0 aliphatic carbocycles. The number of amides is 1. The summed E-state index contributed by atoms with van der Waals surface area (Å²) in [5.41, 5.74) is 1.63. The first-order valence-corrected chi connectivity index (χ1v) is 8.84. The van der Waals surface area contributed by atoms with Crippen molar-refractivity contribution in [2.45, 2.75) is 26.5 Å². The van der Waals surface area contributed by atoms with Gasteiger partial charge >= 0.3 is 5.97 Å². The van der Waals surface area contributed by atoms with Crippen molar-refractivity contribution in [3.63, 3.8) is 0 Å². The third kappa shape index (κ3) is 4.32. The molecular formula is C20H24N2O4. The summed E-state index contributed by atoms with van der Waals surface area (Å²) in [5, 5.41) is 0. The molecule has 0 spiro atoms. The molecule has 1 saturated heterocycles. The molecule has 26 heavy (non-hydrogen) atoms. The lowest BCUT2D eigenvalue weighted by molar-refractivity contribution is -0.141. The van der Waals surface area contributed by atoms with Gasteiger partial charge in [0.2, 0.25) is 0 Å². The van der Waals surface area contributed by atoms with Crippen molar-refractivity contribution >= 4 is 11.9 Å². The Hall–Kier alpha value is -2.60. The molecule has 0 N–H and O–H groups in total. The largest absolute Gasteiger partial charge is 0.469 e. The summed E-state index contributed by atoms with van der Waals surface area (Å²) in [7, 11) is 0. The van der Waals surface area contributed by atoms with Gasteiger partial charge in [-0.25, -0.2) is 4.79 Å². The Morgan fingerprint density at radius 3 is 2.42 bits per heavy atom. The molecule has 1 aliphatic heterocycles. The Labute approximate surface area is 153 Å². The van der Waals surface area contributed by atoms with E-state index in [1.807, 2.05) is 18.2 Å². The highest BCUT2D eigenvalue weighted by atomic mass is 16.5. The number of carbonyl (C=O) groups excluding carboxylic acids is 2. The van der Waals surface area contributed by atoms with E-state index in [1.54, 1.807) is 24.8 Å². The molecule has 1 unspecified atom stereocenters. The monoisotopic (exact) mass is 356 g/mol. The van der Waals surface area contributed by atoms with E-state index >= 15 is 0 Å². The van der Waals surface area contributed by atoms with Crippen molar-refractivity contribution in [2.24, 2.45) is 0 Å². The van der Waals surface area contributed by atoms with Crippen LogP contribution in [0, 0.1) is 6.92 Å². The van der Waals surface area contributed by atoms with Crippen LogP contribution in [-0.2, 0) is 16.1 Å². The van der Waals surface area contributed by atoms with Crippen LogP contribution in [0.3, 0.4) is 0 Å². The molecule has 1 aromatic carbocycles. The Morgan fingerprint density at radius 1 is 1.12 bits per heavy atom. The molecule has 0 radical (unpaired) electrons. The predicted octanol–water partition coefficient (Wildman–Crippen LogP) is 2.48. The summed E-state index contributed by atoms with van der Waals surface area (Å²) in [5.74, 6) is -0.192. The van der Waals surface area contributed by atoms with Crippen LogP contribution in [0.1, 0.15) is 28.6 Å². The number of rotatable bonds is 5. The zero-order chi connectivity index (χ0) is 18.5. The first-order valence-electron chi connectivity index (χ1n) is 8.84. The van der Waals surface area contributed by atoms with Gasteiger partial charge in [0, 0.05) is 32.7 Å². The third-order valence-corrected chi connectivity index (χ3v) is 4.64. The first-order chi connectivity index (χ1) is 12.5. The number of benzene rings is 1. The van der Waals surface area contributed by atoms with Crippen LogP contribution in [0.2, 0.25) is 0 Å². The minimum Gasteiger partial charge on any atom is -0.469 e. The second kappa shape index (κ2) is 8.19. The molecule has 138 valence electrons. The number of furan rings is 1. The molecule has 0 bridgehead atoms. The number of ether oxygens (including phenoxy) is 1. The van der Waals surface area contributed by atoms with Gasteiger partial charge in [-0.3, -0.25) is 9.69 Å². The lowest BCUT2D eigenvalue weighted by Crippen LogP contribution is -2.51. The summed E-state index contributed by atoms with van der Waals surface area (Å²) in [6.45, 7) is 7.08. The fourth-order valence-electron chi connectivity index (χ4n) is 3.10. The summed E-state index contributed by atoms with van der Waals surface area (Å²) in [6.07, 6.45) is 0.627. The average molecular weight is 356 g/mol. The fourth-order valence-corrected chi connectivity index (χ4v) is 3.10. The van der Waals surface area contributed by atoms with Crippen LogP contribution in [-0.4, -0.2) is 54.0 Å². The van der Waals surface area contributed by atoms with Gasteiger partial charge in [0.15, 0.2) is 6.10 Å². The Balaban J connectivity index is 1.48. The van der Waals surface area contributed by atoms with Gasteiger partial charge in [-0.2, -0.15) is 0 Å². The molecule has 3 rings (SSSR count). The molecule has 2 aromatic rings. The molecule has 2 heterocycles. The molecule has 1 fully saturated rings. The molecule has 1 aromatic heterocycles. The topological polar surface area (TPSA) is 63.0 Å². The molecule has 1 atom stereocenters. The predicted molar refractivity (Wildman–Crippen MR) is 96.6 cm³/mol. The van der Waals surface area contributed by atoms with E-state index in [9.17, 15) is 9.59 Å². The minimum atomic E-state index is -0.808. The SMILES string of the molecule is Cc1occc1C(=O)OC(C)C(=O)N1CCN(Cc2ccccc2)CC1. The van der Waals surface area contributed by atoms with Gasteiger partial charge in [-0.1, -0.05) is 30.3 Å². The smallest absolute Gasteiger partial charge is 0.342 e. The molecular weight excluding hydrogens is 332 g/mol. The Kier molecular flexibility index (Phi) is 5.73. The summed E-state index contributed by atoms with van der Waals surface area (Å²) >= 11 is 0. The molecule has 6 heteroatoms. The van der Waals surface area contributed by atoms with Crippen molar-refractivity contribution in [3.8, 4) is 0 Å². The third-order valence-electron chi connectivity index (χ3n) is 4.64. The van der Waals surface area contributed by atoms with Crippen LogP contribution < -0.4 is 0 Å². The van der Waals surface area contributed by atoms with E-state index in [0.29, 0.717) is 24.4 Å². The van der Waals surface area contributed by atoms with Gasteiger partial charge in [-0.05, 0) is 25.5 Å². The second-order valence-corrected chi connectivity index (χ2v) is 6.53. The average Bonchev–Trinajstić information content (AvgIpc) is 3.08. The number of piperazine rings is 1.